The van der Waals surface area contributed by atoms with Crippen LogP contribution >= 0.6 is 23.1 Å². The number of amides is 2. The van der Waals surface area contributed by atoms with Gasteiger partial charge in [-0.1, -0.05) is 42.8 Å². The van der Waals surface area contributed by atoms with Gasteiger partial charge < -0.3 is 20.1 Å². The van der Waals surface area contributed by atoms with Crippen molar-refractivity contribution in [3.05, 3.63) is 106 Å². The van der Waals surface area contributed by atoms with E-state index in [1.807, 2.05) is 54.6 Å². The highest BCUT2D eigenvalue weighted by Crippen LogP contribution is 2.41. The lowest BCUT2D eigenvalue weighted by Gasteiger charge is -2.18. The third-order valence-corrected chi connectivity index (χ3v) is 9.54. The SMILES string of the molecule is COC(=O)c1c(NC(=O)C(Sc2cccc(NC(=O)c3ccc(OC)cc3)c2)c2ccccc2)sc2c1CCCCC2. The quantitative estimate of drug-likeness (QED) is 0.117. The number of rotatable bonds is 9. The molecule has 2 N–H and O–H groups in total. The minimum atomic E-state index is -0.605. The Hall–Kier alpha value is -4.08. The van der Waals surface area contributed by atoms with Crippen LogP contribution in [-0.4, -0.2) is 32.0 Å². The fourth-order valence-electron chi connectivity index (χ4n) is 4.96. The molecule has 0 radical (unpaired) electrons. The lowest BCUT2D eigenvalue weighted by atomic mass is 10.1. The number of hydrogen-bond donors (Lipinski definition) is 2. The first-order valence-corrected chi connectivity index (χ1v) is 15.5. The van der Waals surface area contributed by atoms with Crippen molar-refractivity contribution >= 4 is 51.6 Å². The zero-order valence-corrected chi connectivity index (χ0v) is 25.1. The van der Waals surface area contributed by atoms with Gasteiger partial charge in [-0.25, -0.2) is 4.79 Å². The number of fused-ring (bicyclic) bond motifs is 1. The minimum Gasteiger partial charge on any atom is -0.497 e. The molecule has 0 spiro atoms. The van der Waals surface area contributed by atoms with Crippen molar-refractivity contribution in [2.75, 3.05) is 24.9 Å². The predicted octanol–water partition coefficient (Wildman–Crippen LogP) is 7.54. The molecular formula is C33H32N2O5S2. The van der Waals surface area contributed by atoms with Crippen LogP contribution in [0.5, 0.6) is 5.75 Å². The number of ether oxygens (including phenoxy) is 2. The van der Waals surface area contributed by atoms with Crippen molar-refractivity contribution in [3.8, 4) is 5.75 Å². The van der Waals surface area contributed by atoms with Crippen LogP contribution in [0.2, 0.25) is 0 Å². The average molecular weight is 601 g/mol. The molecule has 0 bridgehead atoms. The lowest BCUT2D eigenvalue weighted by Crippen LogP contribution is -2.20. The third kappa shape index (κ3) is 6.86. The maximum atomic E-state index is 13.9. The topological polar surface area (TPSA) is 93.7 Å². The number of carbonyl (C=O) groups excluding carboxylic acids is 3. The van der Waals surface area contributed by atoms with Crippen LogP contribution < -0.4 is 15.4 Å². The molecular weight excluding hydrogens is 569 g/mol. The number of esters is 1. The van der Waals surface area contributed by atoms with Crippen LogP contribution in [0, 0.1) is 0 Å². The van der Waals surface area contributed by atoms with Crippen LogP contribution in [0.3, 0.4) is 0 Å². The minimum absolute atomic E-state index is 0.236. The van der Waals surface area contributed by atoms with Gasteiger partial charge >= 0.3 is 5.97 Å². The van der Waals surface area contributed by atoms with Crippen LogP contribution in [-0.2, 0) is 22.4 Å². The number of nitrogens with one attached hydrogen (secondary N) is 2. The third-order valence-electron chi connectivity index (χ3n) is 7.09. The summed E-state index contributed by atoms with van der Waals surface area (Å²) in [5.41, 5.74) is 3.43. The molecule has 1 aliphatic carbocycles. The van der Waals surface area contributed by atoms with Crippen molar-refractivity contribution in [1.82, 2.24) is 0 Å². The maximum absolute atomic E-state index is 13.9. The van der Waals surface area contributed by atoms with Crippen LogP contribution in [0.1, 0.15) is 61.2 Å². The van der Waals surface area contributed by atoms with Gasteiger partial charge in [0.05, 0.1) is 19.8 Å². The second kappa shape index (κ2) is 13.7. The summed E-state index contributed by atoms with van der Waals surface area (Å²) in [5, 5.41) is 5.95. The Bertz CT molecular complexity index is 1570. The highest BCUT2D eigenvalue weighted by atomic mass is 32.2. The Morgan fingerprint density at radius 3 is 2.36 bits per heavy atom. The Labute approximate surface area is 253 Å². The smallest absolute Gasteiger partial charge is 0.341 e. The van der Waals surface area contributed by atoms with E-state index in [0.717, 1.165) is 53.0 Å². The normalized spacial score (nSPS) is 13.3. The van der Waals surface area contributed by atoms with Crippen molar-refractivity contribution in [2.24, 2.45) is 0 Å². The highest BCUT2D eigenvalue weighted by molar-refractivity contribution is 8.00. The molecule has 2 amide bonds. The number of carbonyl (C=O) groups is 3. The van der Waals surface area contributed by atoms with E-state index in [2.05, 4.69) is 10.6 Å². The number of methoxy groups -OCH3 is 2. The van der Waals surface area contributed by atoms with Crippen molar-refractivity contribution in [1.29, 1.82) is 0 Å². The number of anilines is 2. The molecule has 1 aliphatic rings. The zero-order valence-electron chi connectivity index (χ0n) is 23.5. The Morgan fingerprint density at radius 2 is 1.62 bits per heavy atom. The number of aryl methyl sites for hydroxylation is 1. The number of thioether (sulfide) groups is 1. The fourth-order valence-corrected chi connectivity index (χ4v) is 7.32. The monoisotopic (exact) mass is 600 g/mol. The first kappa shape index (κ1) is 29.4. The van der Waals surface area contributed by atoms with E-state index in [4.69, 9.17) is 9.47 Å². The second-order valence-corrected chi connectivity index (χ2v) is 12.2. The van der Waals surface area contributed by atoms with Crippen molar-refractivity contribution in [3.63, 3.8) is 0 Å². The molecule has 7 nitrogen and oxygen atoms in total. The first-order chi connectivity index (χ1) is 20.5. The predicted molar refractivity (Wildman–Crippen MR) is 168 cm³/mol. The summed E-state index contributed by atoms with van der Waals surface area (Å²) in [4.78, 5) is 41.5. The van der Waals surface area contributed by atoms with Crippen molar-refractivity contribution < 1.29 is 23.9 Å². The van der Waals surface area contributed by atoms with E-state index >= 15 is 0 Å². The van der Waals surface area contributed by atoms with Crippen LogP contribution in [0.4, 0.5) is 10.7 Å². The van der Waals surface area contributed by atoms with Gasteiger partial charge in [-0.2, -0.15) is 0 Å². The lowest BCUT2D eigenvalue weighted by molar-refractivity contribution is -0.115. The largest absolute Gasteiger partial charge is 0.497 e. The highest BCUT2D eigenvalue weighted by Gasteiger charge is 2.29. The van der Waals surface area contributed by atoms with Gasteiger partial charge in [0.25, 0.3) is 5.91 Å². The summed E-state index contributed by atoms with van der Waals surface area (Å²) < 4.78 is 10.3. The standard InChI is InChI=1S/C33H32N2O5S2/c1-39-24-18-16-22(17-19-24)30(36)34-23-12-9-13-25(20-23)41-29(21-10-5-3-6-11-21)31(37)35-32-28(33(38)40-2)26-14-7-4-8-15-27(26)42-32/h3,5-6,9-13,16-20,29H,4,7-8,14-15H2,1-2H3,(H,34,36)(H,35,37). The van der Waals surface area contributed by atoms with Crippen molar-refractivity contribution in [2.45, 2.75) is 42.2 Å². The Balaban J connectivity index is 1.39. The molecule has 0 fully saturated rings. The molecule has 1 unspecified atom stereocenters. The van der Waals surface area contributed by atoms with Gasteiger partial charge in [0.15, 0.2) is 0 Å². The van der Waals surface area contributed by atoms with Crippen LogP contribution in [0.25, 0.3) is 0 Å². The summed E-state index contributed by atoms with van der Waals surface area (Å²) in [6, 6.07) is 23.8. The van der Waals surface area contributed by atoms with Gasteiger partial charge in [0.2, 0.25) is 5.91 Å². The van der Waals surface area contributed by atoms with Gasteiger partial charge in [0.1, 0.15) is 16.0 Å². The average Bonchev–Trinajstić information content (AvgIpc) is 3.19. The molecule has 3 aromatic carbocycles. The number of benzene rings is 3. The van der Waals surface area contributed by atoms with E-state index in [0.29, 0.717) is 27.6 Å². The van der Waals surface area contributed by atoms with Gasteiger partial charge in [-0.05, 0) is 79.3 Å². The molecule has 0 aliphatic heterocycles. The fraction of sp³-hybridized carbons (Fsp3) is 0.242. The number of hydrogen-bond acceptors (Lipinski definition) is 7. The zero-order chi connectivity index (χ0) is 29.5. The maximum Gasteiger partial charge on any atom is 0.341 e. The molecule has 0 saturated carbocycles. The first-order valence-electron chi connectivity index (χ1n) is 13.8. The van der Waals surface area contributed by atoms with Gasteiger partial charge in [-0.3, -0.25) is 9.59 Å². The summed E-state index contributed by atoms with van der Waals surface area (Å²) in [6.45, 7) is 0. The molecule has 4 aromatic rings. The molecule has 216 valence electrons. The Morgan fingerprint density at radius 1 is 0.857 bits per heavy atom. The summed E-state index contributed by atoms with van der Waals surface area (Å²) in [5.74, 6) is -0.230. The molecule has 1 heterocycles. The Kier molecular flexibility index (Phi) is 9.61. The summed E-state index contributed by atoms with van der Waals surface area (Å²) in [7, 11) is 2.95. The van der Waals surface area contributed by atoms with Gasteiger partial charge in [0, 0.05) is 21.0 Å². The van der Waals surface area contributed by atoms with Crippen LogP contribution in [0.15, 0.2) is 83.8 Å². The molecule has 0 saturated heterocycles. The summed E-state index contributed by atoms with van der Waals surface area (Å²) in [6.07, 6.45) is 4.89. The summed E-state index contributed by atoms with van der Waals surface area (Å²) >= 11 is 2.86. The van der Waals surface area contributed by atoms with E-state index in [1.54, 1.807) is 31.4 Å². The second-order valence-electron chi connectivity index (χ2n) is 9.87. The van der Waals surface area contributed by atoms with E-state index in [9.17, 15) is 14.4 Å². The molecule has 5 rings (SSSR count). The van der Waals surface area contributed by atoms with E-state index < -0.39 is 11.2 Å². The van der Waals surface area contributed by atoms with E-state index in [-0.39, 0.29) is 11.8 Å². The molecule has 1 aromatic heterocycles. The van der Waals surface area contributed by atoms with E-state index in [1.165, 1.54) is 30.2 Å². The number of thiophene rings is 1. The van der Waals surface area contributed by atoms with Gasteiger partial charge in [-0.15, -0.1) is 23.1 Å². The molecule has 9 heteroatoms. The molecule has 1 atom stereocenters. The molecule has 42 heavy (non-hydrogen) atoms.